The fourth-order valence-electron chi connectivity index (χ4n) is 3.30. The Bertz CT molecular complexity index is 706. The van der Waals surface area contributed by atoms with Crippen molar-refractivity contribution in [1.29, 1.82) is 0 Å². The van der Waals surface area contributed by atoms with Gasteiger partial charge in [-0.05, 0) is 32.4 Å². The molecule has 1 unspecified atom stereocenters. The number of carbonyl (C=O) groups excluding carboxylic acids is 1. The van der Waals surface area contributed by atoms with E-state index in [4.69, 9.17) is 4.74 Å². The smallest absolute Gasteiger partial charge is 0.239 e. The molecule has 24 heavy (non-hydrogen) atoms. The number of para-hydroxylation sites is 1. The van der Waals surface area contributed by atoms with E-state index in [1.165, 1.54) is 0 Å². The average molecular weight is 328 g/mol. The third kappa shape index (κ3) is 3.43. The molecule has 6 nitrogen and oxygen atoms in total. The SMILES string of the molecule is COc1ccccc1C1CCCN1CC(=O)Nc1cc(C)n(C)n1. The molecule has 1 N–H and O–H groups in total. The summed E-state index contributed by atoms with van der Waals surface area (Å²) in [6.45, 7) is 3.23. The number of aromatic nitrogens is 2. The summed E-state index contributed by atoms with van der Waals surface area (Å²) < 4.78 is 7.24. The molecule has 0 bridgehead atoms. The summed E-state index contributed by atoms with van der Waals surface area (Å²) in [6.07, 6.45) is 2.12. The molecule has 2 heterocycles. The highest BCUT2D eigenvalue weighted by Crippen LogP contribution is 2.36. The third-order valence-electron chi connectivity index (χ3n) is 4.59. The van der Waals surface area contributed by atoms with E-state index in [0.29, 0.717) is 12.4 Å². The zero-order valence-electron chi connectivity index (χ0n) is 14.5. The van der Waals surface area contributed by atoms with Crippen LogP contribution in [0, 0.1) is 6.92 Å². The first-order valence-corrected chi connectivity index (χ1v) is 8.26. The van der Waals surface area contributed by atoms with Crippen LogP contribution >= 0.6 is 0 Å². The lowest BCUT2D eigenvalue weighted by molar-refractivity contribution is -0.117. The molecule has 1 aromatic heterocycles. The second kappa shape index (κ2) is 7.05. The van der Waals surface area contributed by atoms with Gasteiger partial charge in [-0.2, -0.15) is 5.10 Å². The lowest BCUT2D eigenvalue weighted by Crippen LogP contribution is -2.33. The minimum absolute atomic E-state index is 0.0325. The Morgan fingerprint density at radius 3 is 2.92 bits per heavy atom. The minimum Gasteiger partial charge on any atom is -0.496 e. The first-order chi connectivity index (χ1) is 11.6. The van der Waals surface area contributed by atoms with Crippen molar-refractivity contribution >= 4 is 11.7 Å². The van der Waals surface area contributed by atoms with Gasteiger partial charge in [0.15, 0.2) is 5.82 Å². The van der Waals surface area contributed by atoms with Crippen LogP contribution in [-0.2, 0) is 11.8 Å². The van der Waals surface area contributed by atoms with E-state index in [-0.39, 0.29) is 11.9 Å². The molecule has 1 amide bonds. The van der Waals surface area contributed by atoms with Crippen LogP contribution in [0.4, 0.5) is 5.82 Å². The van der Waals surface area contributed by atoms with E-state index >= 15 is 0 Å². The van der Waals surface area contributed by atoms with Crippen molar-refractivity contribution in [2.75, 3.05) is 25.5 Å². The Morgan fingerprint density at radius 1 is 1.42 bits per heavy atom. The van der Waals surface area contributed by atoms with Crippen LogP contribution in [0.5, 0.6) is 5.75 Å². The van der Waals surface area contributed by atoms with Crippen LogP contribution < -0.4 is 10.1 Å². The fourth-order valence-corrected chi connectivity index (χ4v) is 3.30. The molecule has 128 valence electrons. The van der Waals surface area contributed by atoms with Gasteiger partial charge in [0.2, 0.25) is 5.91 Å². The van der Waals surface area contributed by atoms with Gasteiger partial charge in [-0.15, -0.1) is 0 Å². The van der Waals surface area contributed by atoms with E-state index in [1.807, 2.05) is 38.2 Å². The van der Waals surface area contributed by atoms with Gasteiger partial charge in [0.05, 0.1) is 13.7 Å². The van der Waals surface area contributed by atoms with E-state index in [0.717, 1.165) is 36.4 Å². The molecule has 0 saturated carbocycles. The van der Waals surface area contributed by atoms with Crippen LogP contribution in [-0.4, -0.2) is 40.8 Å². The Hall–Kier alpha value is -2.34. The summed E-state index contributed by atoms with van der Waals surface area (Å²) in [5.74, 6) is 1.46. The van der Waals surface area contributed by atoms with Gasteiger partial charge in [0, 0.05) is 30.4 Å². The number of amides is 1. The number of ether oxygens (including phenoxy) is 1. The molecule has 1 aliphatic rings. The highest BCUT2D eigenvalue weighted by atomic mass is 16.5. The minimum atomic E-state index is -0.0325. The predicted molar refractivity (Wildman–Crippen MR) is 93.1 cm³/mol. The molecular weight excluding hydrogens is 304 g/mol. The summed E-state index contributed by atoms with van der Waals surface area (Å²) in [4.78, 5) is 14.6. The van der Waals surface area contributed by atoms with Crippen molar-refractivity contribution in [2.45, 2.75) is 25.8 Å². The zero-order chi connectivity index (χ0) is 17.1. The van der Waals surface area contributed by atoms with Crippen LogP contribution in [0.1, 0.15) is 30.1 Å². The van der Waals surface area contributed by atoms with E-state index in [9.17, 15) is 4.79 Å². The van der Waals surface area contributed by atoms with Crippen LogP contribution in [0.25, 0.3) is 0 Å². The number of anilines is 1. The number of methoxy groups -OCH3 is 1. The number of hydrogen-bond acceptors (Lipinski definition) is 4. The maximum atomic E-state index is 12.4. The number of hydrogen-bond donors (Lipinski definition) is 1. The quantitative estimate of drug-likeness (QED) is 0.916. The number of rotatable bonds is 5. The number of nitrogens with one attached hydrogen (secondary N) is 1. The lowest BCUT2D eigenvalue weighted by Gasteiger charge is -2.25. The number of benzene rings is 1. The van der Waals surface area contributed by atoms with Crippen molar-refractivity contribution in [3.63, 3.8) is 0 Å². The summed E-state index contributed by atoms with van der Waals surface area (Å²) in [5, 5.41) is 7.16. The van der Waals surface area contributed by atoms with Gasteiger partial charge in [-0.3, -0.25) is 14.4 Å². The number of nitrogens with zero attached hydrogens (tertiary/aromatic N) is 3. The Kier molecular flexibility index (Phi) is 4.85. The van der Waals surface area contributed by atoms with Crippen LogP contribution in [0.15, 0.2) is 30.3 Å². The fraction of sp³-hybridized carbons (Fsp3) is 0.444. The van der Waals surface area contributed by atoms with Gasteiger partial charge >= 0.3 is 0 Å². The molecular formula is C18H24N4O2. The highest BCUT2D eigenvalue weighted by Gasteiger charge is 2.29. The normalized spacial score (nSPS) is 17.9. The molecule has 0 spiro atoms. The van der Waals surface area contributed by atoms with Gasteiger partial charge in [0.25, 0.3) is 0 Å². The monoisotopic (exact) mass is 328 g/mol. The Labute approximate surface area is 142 Å². The largest absolute Gasteiger partial charge is 0.496 e. The maximum Gasteiger partial charge on any atom is 0.239 e. The zero-order valence-corrected chi connectivity index (χ0v) is 14.5. The summed E-state index contributed by atoms with van der Waals surface area (Å²) in [7, 11) is 3.55. The maximum absolute atomic E-state index is 12.4. The molecule has 1 saturated heterocycles. The molecule has 2 aromatic rings. The summed E-state index contributed by atoms with van der Waals surface area (Å²) in [6, 6.07) is 10.1. The summed E-state index contributed by atoms with van der Waals surface area (Å²) in [5.41, 5.74) is 2.16. The average Bonchev–Trinajstić information content (AvgIpc) is 3.14. The van der Waals surface area contributed by atoms with Crippen LogP contribution in [0.3, 0.4) is 0 Å². The lowest BCUT2D eigenvalue weighted by atomic mass is 10.0. The Morgan fingerprint density at radius 2 is 2.21 bits per heavy atom. The third-order valence-corrected chi connectivity index (χ3v) is 4.59. The molecule has 3 rings (SSSR count). The molecule has 0 aliphatic carbocycles. The standard InChI is InChI=1S/C18H24N4O2/c1-13-11-17(20-21(13)2)19-18(23)12-22-10-6-8-15(22)14-7-4-5-9-16(14)24-3/h4-5,7,9,11,15H,6,8,10,12H2,1-3H3,(H,19,20,23). The first kappa shape index (κ1) is 16.5. The molecule has 0 radical (unpaired) electrons. The highest BCUT2D eigenvalue weighted by molar-refractivity contribution is 5.91. The van der Waals surface area contributed by atoms with Crippen molar-refractivity contribution in [1.82, 2.24) is 14.7 Å². The molecule has 1 atom stereocenters. The molecule has 1 aromatic carbocycles. The van der Waals surface area contributed by atoms with Crippen molar-refractivity contribution in [3.05, 3.63) is 41.6 Å². The second-order valence-electron chi connectivity index (χ2n) is 6.21. The van der Waals surface area contributed by atoms with E-state index < -0.39 is 0 Å². The molecule has 1 aliphatic heterocycles. The topological polar surface area (TPSA) is 59.4 Å². The molecule has 1 fully saturated rings. The first-order valence-electron chi connectivity index (χ1n) is 8.26. The van der Waals surface area contributed by atoms with Crippen molar-refractivity contribution in [2.24, 2.45) is 7.05 Å². The number of carbonyl (C=O) groups is 1. The second-order valence-corrected chi connectivity index (χ2v) is 6.21. The van der Waals surface area contributed by atoms with Crippen molar-refractivity contribution < 1.29 is 9.53 Å². The van der Waals surface area contributed by atoms with E-state index in [1.54, 1.807) is 11.8 Å². The Balaban J connectivity index is 1.68. The van der Waals surface area contributed by atoms with Gasteiger partial charge in [-0.1, -0.05) is 18.2 Å². The van der Waals surface area contributed by atoms with Crippen molar-refractivity contribution in [3.8, 4) is 5.75 Å². The van der Waals surface area contributed by atoms with Gasteiger partial charge < -0.3 is 10.1 Å². The van der Waals surface area contributed by atoms with Gasteiger partial charge in [0.1, 0.15) is 5.75 Å². The predicted octanol–water partition coefficient (Wildman–Crippen LogP) is 2.51. The van der Waals surface area contributed by atoms with E-state index in [2.05, 4.69) is 21.4 Å². The number of likely N-dealkylation sites (tertiary alicyclic amines) is 1. The number of aryl methyl sites for hydroxylation is 2. The molecule has 6 heteroatoms. The van der Waals surface area contributed by atoms with Gasteiger partial charge in [-0.25, -0.2) is 0 Å². The van der Waals surface area contributed by atoms with Crippen LogP contribution in [0.2, 0.25) is 0 Å². The summed E-state index contributed by atoms with van der Waals surface area (Å²) >= 11 is 0.